The van der Waals surface area contributed by atoms with E-state index in [9.17, 15) is 9.59 Å². The normalized spacial score (nSPS) is 18.5. The first-order valence-electron chi connectivity index (χ1n) is 9.62. The molecule has 0 unspecified atom stereocenters. The van der Waals surface area contributed by atoms with Crippen LogP contribution in [0.3, 0.4) is 0 Å². The predicted octanol–water partition coefficient (Wildman–Crippen LogP) is 4.58. The molecule has 0 bridgehead atoms. The van der Waals surface area contributed by atoms with E-state index in [1.54, 1.807) is 0 Å². The van der Waals surface area contributed by atoms with Gasteiger partial charge in [0.05, 0.1) is 9.75 Å². The minimum Gasteiger partial charge on any atom is -0.324 e. The van der Waals surface area contributed by atoms with Gasteiger partial charge in [0, 0.05) is 31.1 Å². The van der Waals surface area contributed by atoms with Crippen molar-refractivity contribution >= 4 is 40.7 Å². The first kappa shape index (κ1) is 19.3. The molecule has 1 N–H and O–H groups in total. The Kier molecular flexibility index (Phi) is 5.38. The SMILES string of the molecule is Cc1cccc(NC(=O)N2CCC3(CC2)SCCN3C(=O)c2cccs2)c1C. The molecule has 1 aromatic carbocycles. The maximum absolute atomic E-state index is 12.9. The van der Waals surface area contributed by atoms with Crippen LogP contribution in [0.25, 0.3) is 0 Å². The highest BCUT2D eigenvalue weighted by atomic mass is 32.2. The molecule has 28 heavy (non-hydrogen) atoms. The molecule has 2 aromatic rings. The molecular weight excluding hydrogens is 390 g/mol. The fourth-order valence-electron chi connectivity index (χ4n) is 3.98. The van der Waals surface area contributed by atoms with E-state index in [4.69, 9.17) is 0 Å². The molecule has 0 aliphatic carbocycles. The Morgan fingerprint density at radius 2 is 1.86 bits per heavy atom. The van der Waals surface area contributed by atoms with Crippen molar-refractivity contribution in [3.05, 3.63) is 51.7 Å². The third-order valence-corrected chi connectivity index (χ3v) is 8.24. The van der Waals surface area contributed by atoms with Gasteiger partial charge in [0.1, 0.15) is 0 Å². The van der Waals surface area contributed by atoms with Gasteiger partial charge in [0.25, 0.3) is 5.91 Å². The standard InChI is InChI=1S/C21H25N3O2S2/c1-15-5-3-6-17(16(15)2)22-20(26)23-10-8-21(9-11-23)24(12-14-28-21)19(25)18-7-4-13-27-18/h3-7,13H,8-12,14H2,1-2H3,(H,22,26). The first-order valence-corrected chi connectivity index (χ1v) is 11.5. The molecule has 5 nitrogen and oxygen atoms in total. The molecule has 2 fully saturated rings. The van der Waals surface area contributed by atoms with E-state index in [1.807, 2.05) is 71.1 Å². The maximum Gasteiger partial charge on any atom is 0.321 e. The van der Waals surface area contributed by atoms with Crippen LogP contribution < -0.4 is 5.32 Å². The van der Waals surface area contributed by atoms with Gasteiger partial charge in [-0.25, -0.2) is 4.79 Å². The minimum absolute atomic E-state index is 0.0531. The van der Waals surface area contributed by atoms with Crippen molar-refractivity contribution in [3.63, 3.8) is 0 Å². The molecule has 7 heteroatoms. The molecule has 3 amide bonds. The van der Waals surface area contributed by atoms with Crippen LogP contribution in [0.4, 0.5) is 10.5 Å². The summed E-state index contributed by atoms with van der Waals surface area (Å²) >= 11 is 3.37. The van der Waals surface area contributed by atoms with Crippen LogP contribution in [0.5, 0.6) is 0 Å². The van der Waals surface area contributed by atoms with Crippen LogP contribution in [0, 0.1) is 13.8 Å². The smallest absolute Gasteiger partial charge is 0.321 e. The molecule has 148 valence electrons. The van der Waals surface area contributed by atoms with Crippen LogP contribution in [0.15, 0.2) is 35.7 Å². The summed E-state index contributed by atoms with van der Waals surface area (Å²) in [6, 6.07) is 9.73. The summed E-state index contributed by atoms with van der Waals surface area (Å²) in [6.45, 7) is 6.19. The van der Waals surface area contributed by atoms with E-state index in [2.05, 4.69) is 5.32 Å². The predicted molar refractivity (Wildman–Crippen MR) is 116 cm³/mol. The number of hydrogen-bond acceptors (Lipinski definition) is 4. The van der Waals surface area contributed by atoms with Crippen molar-refractivity contribution in [2.24, 2.45) is 0 Å². The number of carbonyl (C=O) groups excluding carboxylic acids is 2. The van der Waals surface area contributed by atoms with Gasteiger partial charge in [-0.2, -0.15) is 0 Å². The lowest BCUT2D eigenvalue weighted by atomic mass is 10.0. The summed E-state index contributed by atoms with van der Waals surface area (Å²) in [5.74, 6) is 1.10. The number of thioether (sulfide) groups is 1. The Balaban J connectivity index is 1.41. The first-order chi connectivity index (χ1) is 13.5. The number of benzene rings is 1. The average molecular weight is 416 g/mol. The Hall–Kier alpha value is -1.99. The number of hydrogen-bond donors (Lipinski definition) is 1. The van der Waals surface area contributed by atoms with E-state index in [-0.39, 0.29) is 16.8 Å². The van der Waals surface area contributed by atoms with Crippen molar-refractivity contribution < 1.29 is 9.59 Å². The van der Waals surface area contributed by atoms with Gasteiger partial charge >= 0.3 is 6.03 Å². The average Bonchev–Trinajstić information content (AvgIpc) is 3.36. The zero-order valence-corrected chi connectivity index (χ0v) is 17.9. The topological polar surface area (TPSA) is 52.7 Å². The molecule has 2 aliphatic heterocycles. The molecule has 1 aromatic heterocycles. The lowest BCUT2D eigenvalue weighted by molar-refractivity contribution is 0.0590. The molecule has 0 saturated carbocycles. The second-order valence-electron chi connectivity index (χ2n) is 7.39. The van der Waals surface area contributed by atoms with Crippen molar-refractivity contribution in [1.82, 2.24) is 9.80 Å². The molecule has 2 saturated heterocycles. The Morgan fingerprint density at radius 1 is 1.07 bits per heavy atom. The van der Waals surface area contributed by atoms with Crippen molar-refractivity contribution in [3.8, 4) is 0 Å². The Labute approximate surface area is 174 Å². The van der Waals surface area contributed by atoms with Crippen LogP contribution in [-0.2, 0) is 0 Å². The van der Waals surface area contributed by atoms with Gasteiger partial charge in [-0.3, -0.25) is 4.79 Å². The van der Waals surface area contributed by atoms with Crippen LogP contribution in [-0.4, -0.2) is 52.0 Å². The minimum atomic E-state index is -0.170. The van der Waals surface area contributed by atoms with E-state index in [0.717, 1.165) is 41.3 Å². The number of amides is 3. The van der Waals surface area contributed by atoms with Crippen LogP contribution in [0.1, 0.15) is 33.6 Å². The summed E-state index contributed by atoms with van der Waals surface area (Å²) < 4.78 is 0. The number of nitrogens with zero attached hydrogens (tertiary/aromatic N) is 2. The van der Waals surface area contributed by atoms with Gasteiger partial charge in [0.15, 0.2) is 0 Å². The number of aryl methyl sites for hydroxylation is 1. The molecule has 3 heterocycles. The van der Waals surface area contributed by atoms with Crippen molar-refractivity contribution in [2.75, 3.05) is 30.7 Å². The highest BCUT2D eigenvalue weighted by molar-refractivity contribution is 8.00. The quantitative estimate of drug-likeness (QED) is 0.781. The van der Waals surface area contributed by atoms with Gasteiger partial charge in [-0.1, -0.05) is 18.2 Å². The van der Waals surface area contributed by atoms with Crippen molar-refractivity contribution in [1.29, 1.82) is 0 Å². The number of thiophene rings is 1. The third kappa shape index (κ3) is 3.53. The largest absolute Gasteiger partial charge is 0.324 e. The van der Waals surface area contributed by atoms with Crippen LogP contribution >= 0.6 is 23.1 Å². The molecule has 0 atom stereocenters. The van der Waals surface area contributed by atoms with Crippen molar-refractivity contribution in [2.45, 2.75) is 31.6 Å². The summed E-state index contributed by atoms with van der Waals surface area (Å²) in [4.78, 5) is 30.3. The second-order valence-corrected chi connectivity index (χ2v) is 9.80. The van der Waals surface area contributed by atoms with Crippen LogP contribution in [0.2, 0.25) is 0 Å². The lowest BCUT2D eigenvalue weighted by Gasteiger charge is -2.43. The number of urea groups is 1. The van der Waals surface area contributed by atoms with Gasteiger partial charge in [-0.15, -0.1) is 23.1 Å². The maximum atomic E-state index is 12.9. The zero-order chi connectivity index (χ0) is 19.7. The number of likely N-dealkylation sites (tertiary alicyclic amines) is 1. The lowest BCUT2D eigenvalue weighted by Crippen LogP contribution is -2.54. The Bertz CT molecular complexity index is 874. The Morgan fingerprint density at radius 3 is 2.57 bits per heavy atom. The fraction of sp³-hybridized carbons (Fsp3) is 0.429. The zero-order valence-electron chi connectivity index (χ0n) is 16.2. The van der Waals surface area contributed by atoms with E-state index in [1.165, 1.54) is 16.9 Å². The number of rotatable bonds is 2. The summed E-state index contributed by atoms with van der Waals surface area (Å²) in [5.41, 5.74) is 3.14. The summed E-state index contributed by atoms with van der Waals surface area (Å²) in [6.07, 6.45) is 1.63. The second kappa shape index (κ2) is 7.79. The number of nitrogens with one attached hydrogen (secondary N) is 1. The third-order valence-electron chi connectivity index (χ3n) is 5.83. The van der Waals surface area contributed by atoms with E-state index >= 15 is 0 Å². The molecule has 4 rings (SSSR count). The summed E-state index contributed by atoms with van der Waals surface area (Å²) in [5, 5.41) is 5.01. The number of carbonyl (C=O) groups is 2. The monoisotopic (exact) mass is 415 g/mol. The van der Waals surface area contributed by atoms with E-state index < -0.39 is 0 Å². The van der Waals surface area contributed by atoms with Gasteiger partial charge < -0.3 is 15.1 Å². The highest BCUT2D eigenvalue weighted by Crippen LogP contribution is 2.44. The number of anilines is 1. The molecule has 1 spiro atoms. The number of piperidine rings is 1. The van der Waals surface area contributed by atoms with Gasteiger partial charge in [0.2, 0.25) is 0 Å². The molecule has 2 aliphatic rings. The highest BCUT2D eigenvalue weighted by Gasteiger charge is 2.47. The van der Waals surface area contributed by atoms with Gasteiger partial charge in [-0.05, 0) is 55.3 Å². The summed E-state index contributed by atoms with van der Waals surface area (Å²) in [7, 11) is 0. The van der Waals surface area contributed by atoms with E-state index in [0.29, 0.717) is 13.1 Å². The molecule has 0 radical (unpaired) electrons. The molecular formula is C21H25N3O2S2. The fourth-order valence-corrected chi connectivity index (χ4v) is 6.11.